The molecule has 4 rings (SSSR count). The first-order valence-corrected chi connectivity index (χ1v) is 13.8. The predicted molar refractivity (Wildman–Crippen MR) is 130 cm³/mol. The summed E-state index contributed by atoms with van der Waals surface area (Å²) in [5.74, 6) is 0.165. The summed E-state index contributed by atoms with van der Waals surface area (Å²) in [6.07, 6.45) is 10.9. The molecule has 1 aliphatic heterocycles. The first kappa shape index (κ1) is 24.1. The van der Waals surface area contributed by atoms with Gasteiger partial charge >= 0.3 is 0 Å². The van der Waals surface area contributed by atoms with Crippen LogP contribution in [0.5, 0.6) is 0 Å². The minimum atomic E-state index is -2.96. The SMILES string of the molecule is CS(=O)(=O)CCN1CCC(c2ccc(NC(=O)c3nc(C#N)c[nH]3)c(C3=CCCCC3)n2)CC1. The van der Waals surface area contributed by atoms with Crippen LogP contribution < -0.4 is 5.32 Å². The van der Waals surface area contributed by atoms with Crippen LogP contribution in [-0.4, -0.2) is 65.8 Å². The van der Waals surface area contributed by atoms with Crippen molar-refractivity contribution in [2.24, 2.45) is 0 Å². The van der Waals surface area contributed by atoms with Crippen molar-refractivity contribution in [3.63, 3.8) is 0 Å². The molecule has 180 valence electrons. The van der Waals surface area contributed by atoms with Crippen LogP contribution in [0.4, 0.5) is 5.69 Å². The molecule has 0 spiro atoms. The van der Waals surface area contributed by atoms with Gasteiger partial charge in [-0.2, -0.15) is 5.26 Å². The van der Waals surface area contributed by atoms with E-state index in [0.29, 0.717) is 18.2 Å². The van der Waals surface area contributed by atoms with Crippen LogP contribution in [0.3, 0.4) is 0 Å². The Bertz CT molecular complexity index is 1220. The number of imidazole rings is 1. The number of H-pyrrole nitrogens is 1. The molecular formula is C24H30N6O3S. The van der Waals surface area contributed by atoms with Gasteiger partial charge in [0.05, 0.1) is 17.1 Å². The van der Waals surface area contributed by atoms with Crippen LogP contribution in [0, 0.1) is 11.3 Å². The third kappa shape index (κ3) is 6.10. The largest absolute Gasteiger partial charge is 0.339 e. The van der Waals surface area contributed by atoms with Gasteiger partial charge in [-0.3, -0.25) is 9.78 Å². The van der Waals surface area contributed by atoms with Crippen molar-refractivity contribution >= 4 is 27.0 Å². The number of carbonyl (C=O) groups excluding carboxylic acids is 1. The minimum absolute atomic E-state index is 0.0886. The van der Waals surface area contributed by atoms with E-state index in [9.17, 15) is 13.2 Å². The Morgan fingerprint density at radius 2 is 2.06 bits per heavy atom. The standard InChI is InChI=1S/C24H30N6O3S/c1-34(32,33)14-13-30-11-9-17(10-12-30)20-7-8-21(22(28-20)18-5-3-2-4-6-18)29-24(31)23-26-16-19(15-25)27-23/h5,7-8,16-17H,2-4,6,9-14H2,1H3,(H,26,27)(H,29,31). The molecule has 1 amide bonds. The summed E-state index contributed by atoms with van der Waals surface area (Å²) < 4.78 is 22.9. The number of rotatable bonds is 7. The van der Waals surface area contributed by atoms with E-state index in [-0.39, 0.29) is 17.3 Å². The molecule has 1 aliphatic carbocycles. The fourth-order valence-electron chi connectivity index (χ4n) is 4.52. The van der Waals surface area contributed by atoms with E-state index in [0.717, 1.165) is 68.6 Å². The molecule has 2 aromatic heterocycles. The summed E-state index contributed by atoms with van der Waals surface area (Å²) in [6, 6.07) is 5.80. The number of allylic oxidation sites excluding steroid dienone is 2. The van der Waals surface area contributed by atoms with Crippen molar-refractivity contribution in [2.75, 3.05) is 37.0 Å². The minimum Gasteiger partial charge on any atom is -0.339 e. The second-order valence-corrected chi connectivity index (χ2v) is 11.3. The highest BCUT2D eigenvalue weighted by Crippen LogP contribution is 2.34. The molecule has 1 saturated heterocycles. The van der Waals surface area contributed by atoms with Crippen LogP contribution in [0.2, 0.25) is 0 Å². The summed E-state index contributed by atoms with van der Waals surface area (Å²) in [5, 5.41) is 11.9. The van der Waals surface area contributed by atoms with Crippen molar-refractivity contribution in [3.05, 3.63) is 47.3 Å². The number of likely N-dealkylation sites (tertiary alicyclic amines) is 1. The Morgan fingerprint density at radius 3 is 2.71 bits per heavy atom. The van der Waals surface area contributed by atoms with Gasteiger partial charge in [0.25, 0.3) is 5.91 Å². The maximum Gasteiger partial charge on any atom is 0.291 e. The van der Waals surface area contributed by atoms with E-state index in [2.05, 4.69) is 26.3 Å². The average Bonchev–Trinajstić information content (AvgIpc) is 3.33. The number of piperidine rings is 1. The Kier molecular flexibility index (Phi) is 7.44. The number of carbonyl (C=O) groups is 1. The van der Waals surface area contributed by atoms with Crippen molar-refractivity contribution in [1.82, 2.24) is 19.9 Å². The summed E-state index contributed by atoms with van der Waals surface area (Å²) >= 11 is 0. The van der Waals surface area contributed by atoms with E-state index in [1.54, 1.807) is 0 Å². The predicted octanol–water partition coefficient (Wildman–Crippen LogP) is 3.11. The molecular weight excluding hydrogens is 452 g/mol. The summed E-state index contributed by atoms with van der Waals surface area (Å²) in [5.41, 5.74) is 3.76. The third-order valence-corrected chi connectivity index (χ3v) is 7.38. The van der Waals surface area contributed by atoms with E-state index in [1.165, 1.54) is 12.5 Å². The molecule has 1 fully saturated rings. The molecule has 2 aliphatic rings. The van der Waals surface area contributed by atoms with Crippen LogP contribution in [0.1, 0.15) is 72.1 Å². The number of hydrogen-bond donors (Lipinski definition) is 2. The van der Waals surface area contributed by atoms with Gasteiger partial charge in [-0.1, -0.05) is 6.08 Å². The molecule has 0 bridgehead atoms. The highest BCUT2D eigenvalue weighted by molar-refractivity contribution is 7.90. The lowest BCUT2D eigenvalue weighted by Crippen LogP contribution is -2.36. The fourth-order valence-corrected chi connectivity index (χ4v) is 5.11. The first-order valence-electron chi connectivity index (χ1n) is 11.7. The molecule has 3 heterocycles. The van der Waals surface area contributed by atoms with Gasteiger partial charge in [-0.15, -0.1) is 0 Å². The van der Waals surface area contributed by atoms with Crippen LogP contribution in [0.25, 0.3) is 5.57 Å². The molecule has 2 N–H and O–H groups in total. The molecule has 0 saturated carbocycles. The number of sulfone groups is 1. The fraction of sp³-hybridized carbons (Fsp3) is 0.500. The number of aromatic amines is 1. The van der Waals surface area contributed by atoms with Gasteiger partial charge in [0.15, 0.2) is 11.5 Å². The van der Waals surface area contributed by atoms with Gasteiger partial charge in [0.2, 0.25) is 0 Å². The lowest BCUT2D eigenvalue weighted by Gasteiger charge is -2.31. The Morgan fingerprint density at radius 1 is 1.26 bits per heavy atom. The lowest BCUT2D eigenvalue weighted by molar-refractivity contribution is 0.101. The van der Waals surface area contributed by atoms with Crippen molar-refractivity contribution in [3.8, 4) is 6.07 Å². The molecule has 9 nitrogen and oxygen atoms in total. The monoisotopic (exact) mass is 482 g/mol. The van der Waals surface area contributed by atoms with Crippen molar-refractivity contribution in [1.29, 1.82) is 5.26 Å². The van der Waals surface area contributed by atoms with Gasteiger partial charge in [-0.25, -0.2) is 13.4 Å². The zero-order valence-corrected chi connectivity index (χ0v) is 20.2. The van der Waals surface area contributed by atoms with E-state index in [1.807, 2.05) is 18.2 Å². The highest BCUT2D eigenvalue weighted by Gasteiger charge is 2.24. The molecule has 10 heteroatoms. The van der Waals surface area contributed by atoms with Crippen LogP contribution in [0.15, 0.2) is 24.4 Å². The average molecular weight is 483 g/mol. The molecule has 0 unspecified atom stereocenters. The van der Waals surface area contributed by atoms with Gasteiger partial charge < -0.3 is 15.2 Å². The lowest BCUT2D eigenvalue weighted by atomic mass is 9.91. The number of anilines is 1. The maximum absolute atomic E-state index is 12.7. The van der Waals surface area contributed by atoms with Crippen LogP contribution >= 0.6 is 0 Å². The van der Waals surface area contributed by atoms with E-state index < -0.39 is 15.7 Å². The summed E-state index contributed by atoms with van der Waals surface area (Å²) in [6.45, 7) is 2.26. The highest BCUT2D eigenvalue weighted by atomic mass is 32.2. The zero-order valence-electron chi connectivity index (χ0n) is 19.4. The Hall–Kier alpha value is -3.03. The third-order valence-electron chi connectivity index (χ3n) is 6.45. The molecule has 0 aromatic carbocycles. The second-order valence-electron chi connectivity index (χ2n) is 9.05. The molecule has 0 atom stereocenters. The molecule has 34 heavy (non-hydrogen) atoms. The normalized spacial score (nSPS) is 17.7. The first-order chi connectivity index (χ1) is 16.3. The second kappa shape index (κ2) is 10.5. The number of pyridine rings is 1. The molecule has 0 radical (unpaired) electrons. The Balaban J connectivity index is 1.51. The van der Waals surface area contributed by atoms with Crippen LogP contribution in [-0.2, 0) is 9.84 Å². The number of aromatic nitrogens is 3. The van der Waals surface area contributed by atoms with Gasteiger partial charge in [0.1, 0.15) is 15.9 Å². The zero-order chi connectivity index (χ0) is 24.1. The van der Waals surface area contributed by atoms with Gasteiger partial charge in [-0.05, 0) is 69.3 Å². The number of nitrogens with one attached hydrogen (secondary N) is 2. The number of hydrogen-bond acceptors (Lipinski definition) is 7. The molecule has 2 aromatic rings. The smallest absolute Gasteiger partial charge is 0.291 e. The number of amides is 1. The van der Waals surface area contributed by atoms with Crippen molar-refractivity contribution in [2.45, 2.75) is 44.4 Å². The topological polar surface area (TPSA) is 132 Å². The summed E-state index contributed by atoms with van der Waals surface area (Å²) in [4.78, 5) is 26.7. The van der Waals surface area contributed by atoms with E-state index in [4.69, 9.17) is 10.2 Å². The summed E-state index contributed by atoms with van der Waals surface area (Å²) in [7, 11) is -2.96. The Labute approximate surface area is 200 Å². The maximum atomic E-state index is 12.7. The van der Waals surface area contributed by atoms with Gasteiger partial charge in [0, 0.05) is 30.6 Å². The number of nitrogens with zero attached hydrogens (tertiary/aromatic N) is 4. The number of nitriles is 1. The van der Waals surface area contributed by atoms with E-state index >= 15 is 0 Å². The quantitative estimate of drug-likeness (QED) is 0.620. The van der Waals surface area contributed by atoms with Crippen molar-refractivity contribution < 1.29 is 13.2 Å².